The molecular formula is C27H62O10S. The first-order valence-electron chi connectivity index (χ1n) is 13.8. The normalized spacial score (nSPS) is 10.1. The first-order valence-corrected chi connectivity index (χ1v) is 15.2. The van der Waals surface area contributed by atoms with Crippen LogP contribution in [0.15, 0.2) is 0 Å². The van der Waals surface area contributed by atoms with E-state index < -0.39 is 10.4 Å². The van der Waals surface area contributed by atoms with Crippen molar-refractivity contribution in [3.8, 4) is 0 Å². The van der Waals surface area contributed by atoms with Crippen molar-refractivity contribution in [2.45, 2.75) is 112 Å². The molecule has 0 aromatic rings. The maximum absolute atomic E-state index is 10.4. The SMILES string of the molecule is C.CCOCCCCCC=O.CCOCCCCCCO.CCOS(=O)(=O)OCC.OCCCCCCO. The summed E-state index contributed by atoms with van der Waals surface area (Å²) < 4.78 is 39.5. The highest BCUT2D eigenvalue weighted by Gasteiger charge is 2.06. The zero-order chi connectivity index (χ0) is 28.9. The highest BCUT2D eigenvalue weighted by atomic mass is 32.3. The number of unbranched alkanes of at least 4 members (excludes halogenated alkanes) is 9. The molecule has 0 fully saturated rings. The van der Waals surface area contributed by atoms with Crippen LogP contribution in [0.5, 0.6) is 0 Å². The maximum Gasteiger partial charge on any atom is 0.399 e. The van der Waals surface area contributed by atoms with Gasteiger partial charge >= 0.3 is 10.4 Å². The van der Waals surface area contributed by atoms with Gasteiger partial charge in [-0.3, -0.25) is 0 Å². The molecule has 0 saturated carbocycles. The Kier molecular flexibility index (Phi) is 57.3. The molecule has 10 nitrogen and oxygen atoms in total. The summed E-state index contributed by atoms with van der Waals surface area (Å²) in [6, 6.07) is 0. The van der Waals surface area contributed by atoms with Gasteiger partial charge in [0.2, 0.25) is 0 Å². The Labute approximate surface area is 234 Å². The third-order valence-electron chi connectivity index (χ3n) is 4.31. The molecule has 0 amide bonds. The van der Waals surface area contributed by atoms with Crippen LogP contribution in [0.25, 0.3) is 0 Å². The summed E-state index contributed by atoms with van der Waals surface area (Å²) in [6.07, 6.45) is 13.1. The summed E-state index contributed by atoms with van der Waals surface area (Å²) >= 11 is 0. The molecule has 0 spiro atoms. The zero-order valence-electron chi connectivity index (χ0n) is 24.0. The lowest BCUT2D eigenvalue weighted by molar-refractivity contribution is -0.107. The molecule has 0 aliphatic rings. The number of ether oxygens (including phenoxy) is 2. The van der Waals surface area contributed by atoms with E-state index in [0.717, 1.165) is 96.9 Å². The Morgan fingerprint density at radius 1 is 0.553 bits per heavy atom. The van der Waals surface area contributed by atoms with Crippen molar-refractivity contribution in [3.05, 3.63) is 0 Å². The fraction of sp³-hybridized carbons (Fsp3) is 0.963. The number of aliphatic hydroxyl groups excluding tert-OH is 3. The molecule has 0 unspecified atom stereocenters. The van der Waals surface area contributed by atoms with Gasteiger partial charge in [0, 0.05) is 52.7 Å². The quantitative estimate of drug-likeness (QED) is 0.114. The summed E-state index contributed by atoms with van der Waals surface area (Å²) in [5, 5.41) is 25.0. The van der Waals surface area contributed by atoms with Crippen molar-refractivity contribution in [2.24, 2.45) is 0 Å². The fourth-order valence-electron chi connectivity index (χ4n) is 2.47. The number of aliphatic hydroxyl groups is 3. The second-order valence-electron chi connectivity index (χ2n) is 7.63. The minimum absolute atomic E-state index is 0. The molecule has 0 aliphatic heterocycles. The average molecular weight is 579 g/mol. The summed E-state index contributed by atoms with van der Waals surface area (Å²) in [4.78, 5) is 9.86. The monoisotopic (exact) mass is 578 g/mol. The van der Waals surface area contributed by atoms with E-state index in [1.165, 1.54) is 6.42 Å². The number of carbonyl (C=O) groups is 1. The number of carbonyl (C=O) groups excluding carboxylic acids is 1. The zero-order valence-corrected chi connectivity index (χ0v) is 24.9. The summed E-state index contributed by atoms with van der Waals surface area (Å²) in [7, 11) is -3.68. The summed E-state index contributed by atoms with van der Waals surface area (Å²) in [5.74, 6) is 0. The standard InChI is InChI=1S/C8H18O2.C8H16O2.C6H14O2.C4H10O4S.CH4/c2*1-2-10-8-6-4-3-5-7-9;7-5-3-1-2-4-6-8;1-3-7-9(5,6)8-4-2;/h9H,2-8H2,1H3;7H,2-6,8H2,1H3;7-8H,1-6H2;3-4H2,1-2H3;1H4. The largest absolute Gasteiger partial charge is 0.399 e. The molecular weight excluding hydrogens is 516 g/mol. The van der Waals surface area contributed by atoms with E-state index in [2.05, 4.69) is 8.37 Å². The van der Waals surface area contributed by atoms with Gasteiger partial charge in [-0.2, -0.15) is 8.42 Å². The van der Waals surface area contributed by atoms with E-state index >= 15 is 0 Å². The van der Waals surface area contributed by atoms with Gasteiger partial charge in [-0.15, -0.1) is 0 Å². The summed E-state index contributed by atoms with van der Waals surface area (Å²) in [6.45, 7) is 11.6. The van der Waals surface area contributed by atoms with Crippen LogP contribution in [-0.2, 0) is 33.0 Å². The second kappa shape index (κ2) is 46.2. The minimum atomic E-state index is -3.68. The van der Waals surface area contributed by atoms with Gasteiger partial charge in [-0.05, 0) is 66.2 Å². The van der Waals surface area contributed by atoms with Crippen LogP contribution in [-0.4, -0.2) is 89.5 Å². The Morgan fingerprint density at radius 3 is 1.18 bits per heavy atom. The molecule has 0 saturated heterocycles. The summed E-state index contributed by atoms with van der Waals surface area (Å²) in [5.41, 5.74) is 0. The molecule has 0 rings (SSSR count). The minimum Gasteiger partial charge on any atom is -0.396 e. The second-order valence-corrected chi connectivity index (χ2v) is 8.92. The van der Waals surface area contributed by atoms with Crippen LogP contribution in [0.2, 0.25) is 0 Å². The predicted octanol–water partition coefficient (Wildman–Crippen LogP) is 4.83. The first-order chi connectivity index (χ1) is 17.9. The van der Waals surface area contributed by atoms with Crippen molar-refractivity contribution in [2.75, 3.05) is 59.5 Å². The van der Waals surface area contributed by atoms with Crippen LogP contribution >= 0.6 is 0 Å². The van der Waals surface area contributed by atoms with Crippen molar-refractivity contribution >= 4 is 16.7 Å². The lowest BCUT2D eigenvalue weighted by Gasteiger charge is -1.99. The third kappa shape index (κ3) is 60.1. The Bertz CT molecular complexity index is 450. The van der Waals surface area contributed by atoms with Gasteiger partial charge in [0.15, 0.2) is 0 Å². The number of aldehydes is 1. The van der Waals surface area contributed by atoms with Crippen LogP contribution in [0, 0.1) is 0 Å². The molecule has 0 aromatic heterocycles. The van der Waals surface area contributed by atoms with Gasteiger partial charge in [-0.1, -0.05) is 39.5 Å². The van der Waals surface area contributed by atoms with Gasteiger partial charge in [-0.25, -0.2) is 8.37 Å². The number of hydrogen-bond donors (Lipinski definition) is 3. The van der Waals surface area contributed by atoms with Gasteiger partial charge < -0.3 is 29.6 Å². The van der Waals surface area contributed by atoms with Crippen molar-refractivity contribution in [1.29, 1.82) is 0 Å². The van der Waals surface area contributed by atoms with Gasteiger partial charge in [0.05, 0.1) is 13.2 Å². The van der Waals surface area contributed by atoms with Crippen LogP contribution in [0.3, 0.4) is 0 Å². The topological polar surface area (TPSA) is 149 Å². The van der Waals surface area contributed by atoms with Crippen LogP contribution in [0.1, 0.15) is 112 Å². The first kappa shape index (κ1) is 47.1. The highest BCUT2D eigenvalue weighted by Crippen LogP contribution is 1.99. The molecule has 236 valence electrons. The molecule has 0 heterocycles. The molecule has 0 radical (unpaired) electrons. The van der Waals surface area contributed by atoms with E-state index in [-0.39, 0.29) is 33.9 Å². The van der Waals surface area contributed by atoms with Crippen molar-refractivity contribution in [3.63, 3.8) is 0 Å². The van der Waals surface area contributed by atoms with Crippen molar-refractivity contribution < 1.29 is 46.4 Å². The Hall–Kier alpha value is -0.660. The van der Waals surface area contributed by atoms with Gasteiger partial charge in [0.1, 0.15) is 6.29 Å². The van der Waals surface area contributed by atoms with E-state index in [4.69, 9.17) is 24.8 Å². The number of rotatable bonds is 23. The van der Waals surface area contributed by atoms with E-state index in [1.807, 2.05) is 13.8 Å². The Balaban J connectivity index is -0.000000127. The van der Waals surface area contributed by atoms with E-state index in [9.17, 15) is 13.2 Å². The van der Waals surface area contributed by atoms with Gasteiger partial charge in [0.25, 0.3) is 0 Å². The van der Waals surface area contributed by atoms with Crippen LogP contribution < -0.4 is 0 Å². The van der Waals surface area contributed by atoms with E-state index in [1.54, 1.807) is 13.8 Å². The molecule has 3 N–H and O–H groups in total. The molecule has 0 atom stereocenters. The predicted molar refractivity (Wildman–Crippen MR) is 155 cm³/mol. The Morgan fingerprint density at radius 2 is 0.895 bits per heavy atom. The molecule has 38 heavy (non-hydrogen) atoms. The highest BCUT2D eigenvalue weighted by molar-refractivity contribution is 7.81. The number of hydrogen-bond acceptors (Lipinski definition) is 10. The smallest absolute Gasteiger partial charge is 0.396 e. The maximum atomic E-state index is 10.4. The molecule has 11 heteroatoms. The molecule has 0 aromatic carbocycles. The lowest BCUT2D eigenvalue weighted by Crippen LogP contribution is -2.09. The average Bonchev–Trinajstić information content (AvgIpc) is 2.87. The lowest BCUT2D eigenvalue weighted by atomic mass is 10.2. The molecule has 0 aliphatic carbocycles. The van der Waals surface area contributed by atoms with Crippen LogP contribution in [0.4, 0.5) is 0 Å². The van der Waals surface area contributed by atoms with E-state index in [0.29, 0.717) is 13.0 Å². The molecule has 0 bridgehead atoms. The fourth-order valence-corrected chi connectivity index (χ4v) is 3.11. The van der Waals surface area contributed by atoms with Crippen molar-refractivity contribution in [1.82, 2.24) is 0 Å². The third-order valence-corrected chi connectivity index (χ3v) is 5.36.